The third kappa shape index (κ3) is 6.21. The van der Waals surface area contributed by atoms with Crippen LogP contribution in [0.4, 0.5) is 28.3 Å². The first kappa shape index (κ1) is 23.6. The van der Waals surface area contributed by atoms with E-state index in [2.05, 4.69) is 15.4 Å². The molecule has 2 amide bonds. The van der Waals surface area contributed by atoms with Crippen LogP contribution in [0.5, 0.6) is 5.75 Å². The Labute approximate surface area is 189 Å². The highest BCUT2D eigenvalue weighted by atomic mass is 35.5. The van der Waals surface area contributed by atoms with Gasteiger partial charge in [-0.1, -0.05) is 17.7 Å². The van der Waals surface area contributed by atoms with E-state index in [4.69, 9.17) is 11.6 Å². The van der Waals surface area contributed by atoms with E-state index >= 15 is 0 Å². The number of carbonyl (C=O) groups is 2. The lowest BCUT2D eigenvalue weighted by atomic mass is 10.2. The van der Waals surface area contributed by atoms with Crippen molar-refractivity contribution in [2.24, 2.45) is 0 Å². The molecule has 0 fully saturated rings. The first-order chi connectivity index (χ1) is 15.0. The molecule has 1 aromatic heterocycles. The van der Waals surface area contributed by atoms with Crippen LogP contribution in [0.2, 0.25) is 5.02 Å². The molecule has 2 N–H and O–H groups in total. The van der Waals surface area contributed by atoms with Crippen LogP contribution in [0, 0.1) is 12.7 Å². The fraction of sp³-hybridized carbons (Fsp3) is 0.143. The van der Waals surface area contributed by atoms with Crippen molar-refractivity contribution in [1.29, 1.82) is 0 Å². The SMILES string of the molecule is Cc1cc(NC(=O)c2ccc(F)cc2Cl)sc1C(=O)Nc1cccc(OCC(F)(F)F)c1. The normalized spacial score (nSPS) is 11.2. The van der Waals surface area contributed by atoms with Crippen molar-refractivity contribution >= 4 is 45.4 Å². The van der Waals surface area contributed by atoms with Gasteiger partial charge in [0, 0.05) is 11.8 Å². The van der Waals surface area contributed by atoms with Crippen LogP contribution in [0.3, 0.4) is 0 Å². The number of hydrogen-bond donors (Lipinski definition) is 2. The third-order valence-electron chi connectivity index (χ3n) is 4.03. The van der Waals surface area contributed by atoms with Gasteiger partial charge in [-0.15, -0.1) is 11.3 Å². The maximum absolute atomic E-state index is 13.2. The van der Waals surface area contributed by atoms with Crippen molar-refractivity contribution in [2.75, 3.05) is 17.2 Å². The summed E-state index contributed by atoms with van der Waals surface area (Å²) >= 11 is 6.89. The molecule has 0 aliphatic rings. The molecule has 0 saturated carbocycles. The number of alkyl halides is 3. The Morgan fingerprint density at radius 3 is 2.50 bits per heavy atom. The molecule has 5 nitrogen and oxygen atoms in total. The summed E-state index contributed by atoms with van der Waals surface area (Å²) in [4.78, 5) is 25.3. The number of anilines is 2. The van der Waals surface area contributed by atoms with Crippen molar-refractivity contribution in [3.8, 4) is 5.75 Å². The first-order valence-corrected chi connectivity index (χ1v) is 10.2. The Balaban J connectivity index is 1.69. The number of nitrogens with one attached hydrogen (secondary N) is 2. The van der Waals surface area contributed by atoms with Crippen molar-refractivity contribution in [2.45, 2.75) is 13.1 Å². The minimum absolute atomic E-state index is 0.0489. The largest absolute Gasteiger partial charge is 0.484 e. The summed E-state index contributed by atoms with van der Waals surface area (Å²) in [7, 11) is 0. The van der Waals surface area contributed by atoms with Gasteiger partial charge in [0.2, 0.25) is 0 Å². The van der Waals surface area contributed by atoms with E-state index in [1.54, 1.807) is 13.0 Å². The molecule has 168 valence electrons. The van der Waals surface area contributed by atoms with Gasteiger partial charge < -0.3 is 15.4 Å². The monoisotopic (exact) mass is 486 g/mol. The van der Waals surface area contributed by atoms with Crippen LogP contribution >= 0.6 is 22.9 Å². The van der Waals surface area contributed by atoms with Crippen LogP contribution in [0.15, 0.2) is 48.5 Å². The highest BCUT2D eigenvalue weighted by Crippen LogP contribution is 2.29. The molecule has 0 bridgehead atoms. The number of thiophene rings is 1. The van der Waals surface area contributed by atoms with Gasteiger partial charge in [0.25, 0.3) is 11.8 Å². The molecule has 1 heterocycles. The molecule has 2 aromatic carbocycles. The fourth-order valence-corrected chi connectivity index (χ4v) is 3.85. The first-order valence-electron chi connectivity index (χ1n) is 8.99. The highest BCUT2D eigenvalue weighted by Gasteiger charge is 2.28. The molecule has 0 aliphatic carbocycles. The standard InChI is InChI=1S/C21H15ClF4N2O3S/c1-11-7-17(28-19(29)15-6-5-12(23)8-16(15)22)32-18(11)20(30)27-13-3-2-4-14(9-13)31-10-21(24,25)26/h2-9H,10H2,1H3,(H,27,30)(H,28,29). The predicted molar refractivity (Wildman–Crippen MR) is 114 cm³/mol. The zero-order valence-corrected chi connectivity index (χ0v) is 17.9. The van der Waals surface area contributed by atoms with Crippen LogP contribution in [0.25, 0.3) is 0 Å². The van der Waals surface area contributed by atoms with E-state index in [1.165, 1.54) is 30.3 Å². The summed E-state index contributed by atoms with van der Waals surface area (Å²) in [5.41, 5.74) is 0.879. The van der Waals surface area contributed by atoms with E-state index in [0.29, 0.717) is 10.6 Å². The van der Waals surface area contributed by atoms with Crippen molar-refractivity contribution < 1.29 is 31.9 Å². The average molecular weight is 487 g/mol. The van der Waals surface area contributed by atoms with Gasteiger partial charge in [-0.2, -0.15) is 13.2 Å². The topological polar surface area (TPSA) is 67.4 Å². The molecule has 0 radical (unpaired) electrons. The minimum atomic E-state index is -4.48. The molecule has 0 aliphatic heterocycles. The van der Waals surface area contributed by atoms with Crippen molar-refractivity contribution in [1.82, 2.24) is 0 Å². The Hall–Kier alpha value is -3.11. The van der Waals surface area contributed by atoms with E-state index in [1.807, 2.05) is 0 Å². The van der Waals surface area contributed by atoms with Gasteiger partial charge in [-0.3, -0.25) is 9.59 Å². The Kier molecular flexibility index (Phi) is 7.05. The molecule has 32 heavy (non-hydrogen) atoms. The van der Waals surface area contributed by atoms with Crippen LogP contribution in [-0.2, 0) is 0 Å². The number of benzene rings is 2. The van der Waals surface area contributed by atoms with E-state index in [0.717, 1.165) is 23.5 Å². The molecule has 11 heteroatoms. The van der Waals surface area contributed by atoms with Gasteiger partial charge >= 0.3 is 6.18 Å². The minimum Gasteiger partial charge on any atom is -0.484 e. The highest BCUT2D eigenvalue weighted by molar-refractivity contribution is 7.18. The van der Waals surface area contributed by atoms with Gasteiger partial charge in [-0.05, 0) is 48.9 Å². The van der Waals surface area contributed by atoms with Crippen molar-refractivity contribution in [3.63, 3.8) is 0 Å². The summed E-state index contributed by atoms with van der Waals surface area (Å²) in [6.07, 6.45) is -4.48. The lowest BCUT2D eigenvalue weighted by Gasteiger charge is -2.10. The second-order valence-corrected chi connectivity index (χ2v) is 8.05. The second kappa shape index (κ2) is 9.58. The number of rotatable bonds is 6. The number of amides is 2. The van der Waals surface area contributed by atoms with E-state index < -0.39 is 30.4 Å². The summed E-state index contributed by atoms with van der Waals surface area (Å²) in [6, 6.07) is 10.5. The van der Waals surface area contributed by atoms with Gasteiger partial charge in [0.05, 0.1) is 20.5 Å². The number of aryl methyl sites for hydroxylation is 1. The molecule has 3 rings (SSSR count). The smallest absolute Gasteiger partial charge is 0.422 e. The number of ether oxygens (including phenoxy) is 1. The van der Waals surface area contributed by atoms with Crippen molar-refractivity contribution in [3.05, 3.63) is 75.4 Å². The van der Waals surface area contributed by atoms with Gasteiger partial charge in [0.15, 0.2) is 6.61 Å². The molecule has 0 atom stereocenters. The zero-order valence-electron chi connectivity index (χ0n) is 16.3. The quantitative estimate of drug-likeness (QED) is 0.402. The third-order valence-corrected chi connectivity index (χ3v) is 5.49. The molecule has 0 saturated heterocycles. The Morgan fingerprint density at radius 1 is 1.06 bits per heavy atom. The number of hydrogen-bond acceptors (Lipinski definition) is 4. The van der Waals surface area contributed by atoms with Crippen LogP contribution in [0.1, 0.15) is 25.6 Å². The maximum Gasteiger partial charge on any atom is 0.422 e. The van der Waals surface area contributed by atoms with Gasteiger partial charge in [0.1, 0.15) is 11.6 Å². The summed E-state index contributed by atoms with van der Waals surface area (Å²) in [5, 5.41) is 5.50. The zero-order chi connectivity index (χ0) is 23.5. The Bertz CT molecular complexity index is 1160. The van der Waals surface area contributed by atoms with E-state index in [-0.39, 0.29) is 26.9 Å². The molecule has 3 aromatic rings. The molecule has 0 unspecified atom stereocenters. The predicted octanol–water partition coefficient (Wildman–Crippen LogP) is 6.29. The summed E-state index contributed by atoms with van der Waals surface area (Å²) in [6.45, 7) is 0.213. The van der Waals surface area contributed by atoms with E-state index in [9.17, 15) is 27.2 Å². The molecular weight excluding hydrogens is 472 g/mol. The number of carbonyl (C=O) groups excluding carboxylic acids is 2. The Morgan fingerprint density at radius 2 is 1.81 bits per heavy atom. The summed E-state index contributed by atoms with van der Waals surface area (Å²) < 4.78 is 54.8. The van der Waals surface area contributed by atoms with Crippen LogP contribution < -0.4 is 15.4 Å². The maximum atomic E-state index is 13.2. The average Bonchev–Trinajstić information content (AvgIpc) is 3.06. The number of halogens is 5. The molecular formula is C21H15ClF4N2O3S. The lowest BCUT2D eigenvalue weighted by Crippen LogP contribution is -2.19. The van der Waals surface area contributed by atoms with Gasteiger partial charge in [-0.25, -0.2) is 4.39 Å². The lowest BCUT2D eigenvalue weighted by molar-refractivity contribution is -0.153. The van der Waals surface area contributed by atoms with Crippen LogP contribution in [-0.4, -0.2) is 24.6 Å². The molecule has 0 spiro atoms. The second-order valence-electron chi connectivity index (χ2n) is 6.59. The fourth-order valence-electron chi connectivity index (χ4n) is 2.64. The summed E-state index contributed by atoms with van der Waals surface area (Å²) in [5.74, 6) is -1.71.